The van der Waals surface area contributed by atoms with Gasteiger partial charge in [0.1, 0.15) is 5.60 Å². The molecule has 7 heteroatoms. The number of benzene rings is 4. The van der Waals surface area contributed by atoms with Crippen molar-refractivity contribution in [2.24, 2.45) is 0 Å². The molecule has 4 aromatic carbocycles. The Labute approximate surface area is 218 Å². The summed E-state index contributed by atoms with van der Waals surface area (Å²) in [5, 5.41) is 0. The van der Waals surface area contributed by atoms with Gasteiger partial charge < -0.3 is 14.2 Å². The first-order valence-electron chi connectivity index (χ1n) is 12.1. The van der Waals surface area contributed by atoms with E-state index in [1.54, 1.807) is 18.2 Å². The van der Waals surface area contributed by atoms with Crippen LogP contribution in [0.3, 0.4) is 0 Å². The van der Waals surface area contributed by atoms with Crippen molar-refractivity contribution >= 4 is 11.9 Å². The molecule has 38 heavy (non-hydrogen) atoms. The maximum absolute atomic E-state index is 14.9. The molecule has 0 bridgehead atoms. The Balaban J connectivity index is 1.53. The lowest BCUT2D eigenvalue weighted by molar-refractivity contribution is -0.163. The minimum Gasteiger partial charge on any atom is -0.451 e. The van der Waals surface area contributed by atoms with Gasteiger partial charge in [-0.2, -0.15) is 8.78 Å². The summed E-state index contributed by atoms with van der Waals surface area (Å²) in [4.78, 5) is 24.8. The van der Waals surface area contributed by atoms with E-state index in [-0.39, 0.29) is 5.56 Å². The van der Waals surface area contributed by atoms with Crippen molar-refractivity contribution in [3.05, 3.63) is 144 Å². The first-order valence-corrected chi connectivity index (χ1v) is 12.1. The monoisotopic (exact) mass is 514 g/mol. The van der Waals surface area contributed by atoms with Crippen molar-refractivity contribution in [3.63, 3.8) is 0 Å². The smallest absolute Gasteiger partial charge is 0.382 e. The lowest BCUT2D eigenvalue weighted by atomic mass is 9.80. The van der Waals surface area contributed by atoms with Gasteiger partial charge in [0.15, 0.2) is 6.10 Å². The van der Waals surface area contributed by atoms with Crippen molar-refractivity contribution < 1.29 is 32.6 Å². The molecule has 5 nitrogen and oxygen atoms in total. The summed E-state index contributed by atoms with van der Waals surface area (Å²) in [6, 6.07) is 35.7. The Morgan fingerprint density at radius 2 is 1.16 bits per heavy atom. The SMILES string of the molecule is O=C(OC1[C@@H](COC(c2ccccc2)(c2ccccc2)c2ccccc2)OC(=O)C1(F)F)c1ccccc1. The van der Waals surface area contributed by atoms with E-state index in [1.165, 1.54) is 12.1 Å². The summed E-state index contributed by atoms with van der Waals surface area (Å²) in [5.74, 6) is -6.78. The van der Waals surface area contributed by atoms with Gasteiger partial charge in [0.05, 0.1) is 12.2 Å². The van der Waals surface area contributed by atoms with Crippen LogP contribution in [0, 0.1) is 0 Å². The van der Waals surface area contributed by atoms with E-state index in [9.17, 15) is 18.4 Å². The van der Waals surface area contributed by atoms with Crippen LogP contribution in [0.4, 0.5) is 8.78 Å². The largest absolute Gasteiger partial charge is 0.451 e. The second kappa shape index (κ2) is 10.6. The molecule has 0 aromatic heterocycles. The summed E-state index contributed by atoms with van der Waals surface area (Å²) < 4.78 is 46.6. The molecule has 1 unspecified atom stereocenters. The lowest BCUT2D eigenvalue weighted by Crippen LogP contribution is -2.44. The summed E-state index contributed by atoms with van der Waals surface area (Å²) in [5.41, 5.74) is 1.07. The predicted octanol–water partition coefficient (Wildman–Crippen LogP) is 5.78. The quantitative estimate of drug-likeness (QED) is 0.220. The molecule has 0 saturated carbocycles. The van der Waals surface area contributed by atoms with Gasteiger partial charge in [-0.1, -0.05) is 109 Å². The van der Waals surface area contributed by atoms with Crippen LogP contribution in [-0.4, -0.2) is 36.7 Å². The van der Waals surface area contributed by atoms with Crippen molar-refractivity contribution in [2.45, 2.75) is 23.7 Å². The molecule has 2 atom stereocenters. The fourth-order valence-electron chi connectivity index (χ4n) is 4.63. The van der Waals surface area contributed by atoms with Crippen LogP contribution in [0.25, 0.3) is 0 Å². The summed E-state index contributed by atoms with van der Waals surface area (Å²) in [7, 11) is 0. The van der Waals surface area contributed by atoms with Crippen LogP contribution in [0.2, 0.25) is 0 Å². The van der Waals surface area contributed by atoms with Gasteiger partial charge in [-0.15, -0.1) is 0 Å². The molecular weight excluding hydrogens is 490 g/mol. The minimum absolute atomic E-state index is 0.0783. The third-order valence-corrected chi connectivity index (χ3v) is 6.47. The fraction of sp³-hybridized carbons (Fsp3) is 0.161. The van der Waals surface area contributed by atoms with Crippen LogP contribution >= 0.6 is 0 Å². The van der Waals surface area contributed by atoms with Crippen LogP contribution in [0.1, 0.15) is 27.0 Å². The number of carbonyl (C=O) groups is 2. The second-order valence-corrected chi connectivity index (χ2v) is 8.85. The van der Waals surface area contributed by atoms with E-state index in [0.29, 0.717) is 0 Å². The molecule has 1 fully saturated rings. The maximum atomic E-state index is 14.9. The van der Waals surface area contributed by atoms with E-state index < -0.39 is 42.3 Å². The Kier molecular flexibility index (Phi) is 7.03. The van der Waals surface area contributed by atoms with Gasteiger partial charge >= 0.3 is 17.9 Å². The average molecular weight is 515 g/mol. The van der Waals surface area contributed by atoms with E-state index in [1.807, 2.05) is 91.0 Å². The minimum atomic E-state index is -4.03. The van der Waals surface area contributed by atoms with Crippen LogP contribution in [0.5, 0.6) is 0 Å². The number of hydrogen-bond acceptors (Lipinski definition) is 5. The summed E-state index contributed by atoms with van der Waals surface area (Å²) in [6.07, 6.45) is -3.71. The van der Waals surface area contributed by atoms with Crippen molar-refractivity contribution in [1.29, 1.82) is 0 Å². The van der Waals surface area contributed by atoms with Gasteiger partial charge in [0.2, 0.25) is 6.10 Å². The zero-order valence-electron chi connectivity index (χ0n) is 20.2. The van der Waals surface area contributed by atoms with Gasteiger partial charge in [0, 0.05) is 0 Å². The molecule has 192 valence electrons. The summed E-state index contributed by atoms with van der Waals surface area (Å²) in [6.45, 7) is -0.466. The molecule has 0 aliphatic carbocycles. The molecule has 0 amide bonds. The number of esters is 2. The number of halogens is 2. The third-order valence-electron chi connectivity index (χ3n) is 6.47. The highest BCUT2D eigenvalue weighted by Gasteiger charge is 2.63. The predicted molar refractivity (Wildman–Crippen MR) is 136 cm³/mol. The highest BCUT2D eigenvalue weighted by Crippen LogP contribution is 2.42. The first-order chi connectivity index (χ1) is 18.4. The van der Waals surface area contributed by atoms with Crippen molar-refractivity contribution in [3.8, 4) is 0 Å². The number of alkyl halides is 2. The van der Waals surface area contributed by atoms with Gasteiger partial charge in [0.25, 0.3) is 0 Å². The van der Waals surface area contributed by atoms with Crippen LogP contribution in [-0.2, 0) is 24.6 Å². The highest BCUT2D eigenvalue weighted by atomic mass is 19.3. The van der Waals surface area contributed by atoms with E-state index in [0.717, 1.165) is 16.7 Å². The first kappa shape index (κ1) is 25.3. The number of carbonyl (C=O) groups excluding carboxylic acids is 2. The zero-order chi connectivity index (χ0) is 26.6. The Morgan fingerprint density at radius 3 is 1.61 bits per heavy atom. The topological polar surface area (TPSA) is 61.8 Å². The van der Waals surface area contributed by atoms with Crippen LogP contribution < -0.4 is 0 Å². The van der Waals surface area contributed by atoms with E-state index in [4.69, 9.17) is 14.2 Å². The van der Waals surface area contributed by atoms with Crippen molar-refractivity contribution in [1.82, 2.24) is 0 Å². The standard InChI is InChI=1S/C31H24F2O5/c32-31(33)27(38-28(34)22-13-5-1-6-14-22)26(37-29(31)35)21-36-30(23-15-7-2-8-16-23,24-17-9-3-10-18-24)25-19-11-4-12-20-25/h1-20,26-27H,21H2/t26-,27?/m1/s1. The number of cyclic esters (lactones) is 1. The summed E-state index contributed by atoms with van der Waals surface area (Å²) >= 11 is 0. The van der Waals surface area contributed by atoms with Gasteiger partial charge in [-0.05, 0) is 28.8 Å². The molecular formula is C31H24F2O5. The maximum Gasteiger partial charge on any atom is 0.382 e. The molecule has 1 saturated heterocycles. The molecule has 0 radical (unpaired) electrons. The van der Waals surface area contributed by atoms with E-state index >= 15 is 0 Å². The van der Waals surface area contributed by atoms with Crippen molar-refractivity contribution in [2.75, 3.05) is 6.61 Å². The molecule has 1 heterocycles. The molecule has 5 rings (SSSR count). The average Bonchev–Trinajstić information content (AvgIpc) is 3.18. The number of ether oxygens (including phenoxy) is 3. The number of rotatable bonds is 8. The Hall–Kier alpha value is -4.36. The third kappa shape index (κ3) is 4.68. The van der Waals surface area contributed by atoms with Gasteiger partial charge in [-0.3, -0.25) is 0 Å². The molecule has 0 spiro atoms. The zero-order valence-corrected chi connectivity index (χ0v) is 20.2. The van der Waals surface area contributed by atoms with Crippen LogP contribution in [0.15, 0.2) is 121 Å². The second-order valence-electron chi connectivity index (χ2n) is 8.85. The molecule has 0 N–H and O–H groups in total. The highest BCUT2D eigenvalue weighted by molar-refractivity contribution is 5.90. The number of hydrogen-bond donors (Lipinski definition) is 0. The molecule has 1 aliphatic rings. The van der Waals surface area contributed by atoms with Gasteiger partial charge in [-0.25, -0.2) is 9.59 Å². The Bertz CT molecular complexity index is 1280. The van der Waals surface area contributed by atoms with E-state index in [2.05, 4.69) is 0 Å². The normalized spacial score (nSPS) is 18.5. The Morgan fingerprint density at radius 1 is 0.737 bits per heavy atom. The lowest BCUT2D eigenvalue weighted by Gasteiger charge is -2.37. The molecule has 4 aromatic rings. The molecule has 1 aliphatic heterocycles. The fourth-order valence-corrected chi connectivity index (χ4v) is 4.63.